The fourth-order valence-corrected chi connectivity index (χ4v) is 4.96. The average Bonchev–Trinajstić information content (AvgIpc) is 2.99. The standard InChI is InChI=1S/C22H25N3O3/c26-20-18-7-2-1-6-17(18)19(10-23-20)22(28)25-12-14-8-9-16(25)13-24(11-14)21(27)15-4-3-5-15/h1-2,6-7,10,14-16H,3-5,8-9,11-13H2,(H,23,26)/t14-,16+/m0/s1. The zero-order chi connectivity index (χ0) is 19.3. The van der Waals surface area contributed by atoms with Gasteiger partial charge in [0.1, 0.15) is 0 Å². The molecule has 2 bridgehead atoms. The Morgan fingerprint density at radius 3 is 2.50 bits per heavy atom. The van der Waals surface area contributed by atoms with E-state index < -0.39 is 0 Å². The molecule has 1 N–H and O–H groups in total. The summed E-state index contributed by atoms with van der Waals surface area (Å²) in [4.78, 5) is 45.0. The number of amides is 2. The first-order valence-corrected chi connectivity index (χ1v) is 10.3. The number of carbonyl (C=O) groups excluding carboxylic acids is 2. The predicted molar refractivity (Wildman–Crippen MR) is 106 cm³/mol. The minimum absolute atomic E-state index is 0.0416. The van der Waals surface area contributed by atoms with E-state index in [2.05, 4.69) is 4.98 Å². The zero-order valence-corrected chi connectivity index (χ0v) is 15.9. The van der Waals surface area contributed by atoms with E-state index >= 15 is 0 Å². The van der Waals surface area contributed by atoms with Crippen LogP contribution in [0.25, 0.3) is 10.8 Å². The Bertz CT molecular complexity index is 994. The van der Waals surface area contributed by atoms with Crippen molar-refractivity contribution in [1.29, 1.82) is 0 Å². The third kappa shape index (κ3) is 2.82. The number of nitrogens with zero attached hydrogens (tertiary/aromatic N) is 2. The van der Waals surface area contributed by atoms with E-state index in [-0.39, 0.29) is 29.3 Å². The van der Waals surface area contributed by atoms with Crippen LogP contribution in [0.1, 0.15) is 42.5 Å². The van der Waals surface area contributed by atoms with Crippen molar-refractivity contribution in [3.8, 4) is 0 Å². The minimum Gasteiger partial charge on any atom is -0.340 e. The lowest BCUT2D eigenvalue weighted by Crippen LogP contribution is -2.48. The summed E-state index contributed by atoms with van der Waals surface area (Å²) >= 11 is 0. The Labute approximate surface area is 163 Å². The number of carbonyl (C=O) groups is 2. The van der Waals surface area contributed by atoms with Crippen LogP contribution in [0.15, 0.2) is 35.3 Å². The van der Waals surface area contributed by atoms with Crippen LogP contribution < -0.4 is 5.56 Å². The number of aromatic amines is 1. The molecule has 28 heavy (non-hydrogen) atoms. The quantitative estimate of drug-likeness (QED) is 0.871. The maximum atomic E-state index is 13.4. The van der Waals surface area contributed by atoms with Crippen LogP contribution in [0.5, 0.6) is 0 Å². The molecule has 1 aromatic heterocycles. The van der Waals surface area contributed by atoms with Crippen LogP contribution in [-0.4, -0.2) is 52.3 Å². The highest BCUT2D eigenvalue weighted by Gasteiger charge is 2.41. The molecule has 4 aliphatic rings. The number of hydrogen-bond donors (Lipinski definition) is 1. The lowest BCUT2D eigenvalue weighted by atomic mass is 9.84. The summed E-state index contributed by atoms with van der Waals surface area (Å²) < 4.78 is 0. The van der Waals surface area contributed by atoms with Gasteiger partial charge in [-0.05, 0) is 37.7 Å². The average molecular weight is 379 g/mol. The predicted octanol–water partition coefficient (Wildman–Crippen LogP) is 2.39. The number of pyridine rings is 1. The highest BCUT2D eigenvalue weighted by Crippen LogP contribution is 2.34. The number of nitrogens with one attached hydrogen (secondary N) is 1. The largest absolute Gasteiger partial charge is 0.340 e. The summed E-state index contributed by atoms with van der Waals surface area (Å²) in [6.45, 7) is 2.09. The van der Waals surface area contributed by atoms with Gasteiger partial charge < -0.3 is 14.8 Å². The molecule has 146 valence electrons. The van der Waals surface area contributed by atoms with Crippen molar-refractivity contribution in [3.05, 3.63) is 46.4 Å². The molecule has 1 saturated carbocycles. The molecular weight excluding hydrogens is 354 g/mol. The number of hydrogen-bond acceptors (Lipinski definition) is 3. The second-order valence-electron chi connectivity index (χ2n) is 8.50. The van der Waals surface area contributed by atoms with Gasteiger partial charge in [0.25, 0.3) is 11.5 Å². The molecule has 1 aromatic carbocycles. The number of benzene rings is 1. The molecule has 6 nitrogen and oxygen atoms in total. The summed E-state index contributed by atoms with van der Waals surface area (Å²) in [5.41, 5.74) is 0.362. The van der Waals surface area contributed by atoms with E-state index in [1.165, 1.54) is 0 Å². The van der Waals surface area contributed by atoms with E-state index in [4.69, 9.17) is 0 Å². The summed E-state index contributed by atoms with van der Waals surface area (Å²) in [6.07, 6.45) is 6.72. The van der Waals surface area contributed by atoms with Crippen molar-refractivity contribution in [2.75, 3.05) is 19.6 Å². The summed E-state index contributed by atoms with van der Waals surface area (Å²) in [6, 6.07) is 7.30. The topological polar surface area (TPSA) is 73.5 Å². The summed E-state index contributed by atoms with van der Waals surface area (Å²) in [5.74, 6) is 0.776. The third-order valence-electron chi connectivity index (χ3n) is 6.78. The number of rotatable bonds is 2. The fourth-order valence-electron chi connectivity index (χ4n) is 4.96. The van der Waals surface area contributed by atoms with Gasteiger partial charge in [-0.3, -0.25) is 14.4 Å². The molecule has 0 spiro atoms. The van der Waals surface area contributed by atoms with E-state index in [0.29, 0.717) is 35.3 Å². The molecule has 6 rings (SSSR count). The van der Waals surface area contributed by atoms with Crippen molar-refractivity contribution in [1.82, 2.24) is 14.8 Å². The molecule has 1 aliphatic carbocycles. The van der Waals surface area contributed by atoms with Gasteiger partial charge in [-0.25, -0.2) is 0 Å². The Hall–Kier alpha value is -2.63. The van der Waals surface area contributed by atoms with Crippen molar-refractivity contribution in [2.24, 2.45) is 11.8 Å². The smallest absolute Gasteiger partial charge is 0.256 e. The van der Waals surface area contributed by atoms with Gasteiger partial charge in [-0.15, -0.1) is 0 Å². The molecule has 4 fully saturated rings. The number of aromatic nitrogens is 1. The molecule has 2 amide bonds. The molecule has 3 aliphatic heterocycles. The maximum Gasteiger partial charge on any atom is 0.256 e. The zero-order valence-electron chi connectivity index (χ0n) is 15.9. The Kier molecular flexibility index (Phi) is 4.22. The highest BCUT2D eigenvalue weighted by molar-refractivity contribution is 6.06. The Morgan fingerprint density at radius 2 is 1.75 bits per heavy atom. The normalized spacial score (nSPS) is 24.9. The van der Waals surface area contributed by atoms with Crippen molar-refractivity contribution in [2.45, 2.75) is 38.1 Å². The van der Waals surface area contributed by atoms with Crippen LogP contribution in [0.4, 0.5) is 0 Å². The van der Waals surface area contributed by atoms with Crippen molar-refractivity contribution < 1.29 is 9.59 Å². The van der Waals surface area contributed by atoms with Crippen molar-refractivity contribution >= 4 is 22.6 Å². The summed E-state index contributed by atoms with van der Waals surface area (Å²) in [7, 11) is 0. The number of H-pyrrole nitrogens is 1. The van der Waals surface area contributed by atoms with Gasteiger partial charge in [-0.2, -0.15) is 0 Å². The Morgan fingerprint density at radius 1 is 0.964 bits per heavy atom. The van der Waals surface area contributed by atoms with Crippen molar-refractivity contribution in [3.63, 3.8) is 0 Å². The molecule has 6 heteroatoms. The van der Waals surface area contributed by atoms with Gasteiger partial charge in [0.2, 0.25) is 5.91 Å². The molecule has 2 atom stereocenters. The SMILES string of the molecule is O=C(C1CCC1)N1C[C@@H]2CC[C@H](C1)N(C(=O)c1c[nH]c(=O)c3ccccc13)C2. The number of piperidine rings is 1. The molecule has 2 aromatic rings. The van der Waals surface area contributed by atoms with Gasteiger partial charge in [0.15, 0.2) is 0 Å². The fraction of sp³-hybridized carbons (Fsp3) is 0.500. The van der Waals surface area contributed by atoms with E-state index in [0.717, 1.165) is 38.6 Å². The van der Waals surface area contributed by atoms with E-state index in [1.54, 1.807) is 12.3 Å². The van der Waals surface area contributed by atoms with Crippen LogP contribution in [-0.2, 0) is 4.79 Å². The second-order valence-corrected chi connectivity index (χ2v) is 8.50. The minimum atomic E-state index is -0.179. The van der Waals surface area contributed by atoms with Gasteiger partial charge >= 0.3 is 0 Å². The molecular formula is C22H25N3O3. The molecule has 3 saturated heterocycles. The van der Waals surface area contributed by atoms with Gasteiger partial charge in [0, 0.05) is 48.6 Å². The van der Waals surface area contributed by atoms with Crippen LogP contribution in [0.3, 0.4) is 0 Å². The van der Waals surface area contributed by atoms with E-state index in [1.807, 2.05) is 28.0 Å². The Balaban J connectivity index is 1.44. The molecule has 0 radical (unpaired) electrons. The van der Waals surface area contributed by atoms with Crippen LogP contribution in [0.2, 0.25) is 0 Å². The molecule has 0 unspecified atom stereocenters. The first-order chi connectivity index (χ1) is 13.6. The summed E-state index contributed by atoms with van der Waals surface area (Å²) in [5, 5.41) is 1.23. The van der Waals surface area contributed by atoms with E-state index in [9.17, 15) is 14.4 Å². The third-order valence-corrected chi connectivity index (χ3v) is 6.78. The van der Waals surface area contributed by atoms with Gasteiger partial charge in [-0.1, -0.05) is 24.6 Å². The van der Waals surface area contributed by atoms with Crippen LogP contribution in [0, 0.1) is 11.8 Å². The monoisotopic (exact) mass is 379 g/mol. The van der Waals surface area contributed by atoms with Gasteiger partial charge in [0.05, 0.1) is 5.56 Å². The maximum absolute atomic E-state index is 13.4. The lowest BCUT2D eigenvalue weighted by molar-refractivity contribution is -0.138. The highest BCUT2D eigenvalue weighted by atomic mass is 16.2. The first-order valence-electron chi connectivity index (χ1n) is 10.3. The first kappa shape index (κ1) is 17.5. The molecule has 4 heterocycles. The lowest BCUT2D eigenvalue weighted by Gasteiger charge is -2.36. The van der Waals surface area contributed by atoms with Crippen LogP contribution >= 0.6 is 0 Å². The second kappa shape index (κ2) is 6.76. The number of fused-ring (bicyclic) bond motifs is 5.